The standard InChI is InChI=1S/C21H21F3N2O3S/c22-21(23,24)17-8-4-9-19(13-17)30(27,28)26-11-5-10-20(15-26)14-18(25-29-20)12-16-6-2-1-3-7-16/h1-4,6-9,13H,5,10-12,14-15H2. The second kappa shape index (κ2) is 7.79. The van der Waals surface area contributed by atoms with Crippen LogP contribution in [0, 0.1) is 0 Å². The van der Waals surface area contributed by atoms with Crippen molar-refractivity contribution in [1.82, 2.24) is 4.31 Å². The summed E-state index contributed by atoms with van der Waals surface area (Å²) in [6.07, 6.45) is -2.31. The zero-order valence-electron chi connectivity index (χ0n) is 16.1. The molecule has 160 valence electrons. The van der Waals surface area contributed by atoms with Crippen molar-refractivity contribution in [3.8, 4) is 0 Å². The van der Waals surface area contributed by atoms with E-state index >= 15 is 0 Å². The van der Waals surface area contributed by atoms with Crippen molar-refractivity contribution < 1.29 is 26.8 Å². The van der Waals surface area contributed by atoms with E-state index in [4.69, 9.17) is 4.84 Å². The summed E-state index contributed by atoms with van der Waals surface area (Å²) < 4.78 is 66.4. The fourth-order valence-electron chi connectivity index (χ4n) is 3.99. The average Bonchev–Trinajstić information content (AvgIpc) is 3.09. The van der Waals surface area contributed by atoms with Gasteiger partial charge >= 0.3 is 6.18 Å². The van der Waals surface area contributed by atoms with Gasteiger partial charge in [-0.25, -0.2) is 0 Å². The molecular weight excluding hydrogens is 417 g/mol. The van der Waals surface area contributed by atoms with Gasteiger partial charge < -0.3 is 9.39 Å². The molecule has 4 rings (SSSR count). The summed E-state index contributed by atoms with van der Waals surface area (Å²) in [6.45, 7) is 0.297. The van der Waals surface area contributed by atoms with E-state index in [-0.39, 0.29) is 18.0 Å². The molecule has 2 aromatic rings. The van der Waals surface area contributed by atoms with E-state index in [9.17, 15) is 21.9 Å². The van der Waals surface area contributed by atoms with Crippen LogP contribution in [0.15, 0.2) is 64.6 Å². The third kappa shape index (κ3) is 4.28. The van der Waals surface area contributed by atoms with Gasteiger partial charge in [-0.2, -0.15) is 13.2 Å². The summed E-state index contributed by atoms with van der Waals surface area (Å²) in [6, 6.07) is 13.6. The van der Waals surface area contributed by atoms with Crippen LogP contribution in [0.4, 0.5) is 13.2 Å². The minimum Gasteiger partial charge on any atom is -0.593 e. The van der Waals surface area contributed by atoms with Crippen LogP contribution in [0.5, 0.6) is 0 Å². The summed E-state index contributed by atoms with van der Waals surface area (Å²) in [5.41, 5.74) is 0.165. The monoisotopic (exact) mass is 438 g/mol. The van der Waals surface area contributed by atoms with Gasteiger partial charge in [0.05, 0.1) is 17.8 Å². The van der Waals surface area contributed by atoms with Crippen LogP contribution >= 0.6 is 0 Å². The van der Waals surface area contributed by atoms with Crippen LogP contribution in [0.3, 0.4) is 0 Å². The van der Waals surface area contributed by atoms with E-state index in [0.29, 0.717) is 31.7 Å². The fourth-order valence-corrected chi connectivity index (χ4v) is 5.59. The molecule has 0 saturated carbocycles. The fraction of sp³-hybridized carbons (Fsp3) is 0.381. The Labute approximate surface area is 173 Å². The summed E-state index contributed by atoms with van der Waals surface area (Å²) in [5.74, 6) is 0. The Bertz CT molecular complexity index is 996. The second-order valence-electron chi connectivity index (χ2n) is 7.74. The van der Waals surface area contributed by atoms with Crippen LogP contribution in [-0.2, 0) is 32.0 Å². The number of oxime groups is 1. The summed E-state index contributed by atoms with van der Waals surface area (Å²) in [4.78, 5) is 5.34. The Morgan fingerprint density at radius 2 is 1.93 bits per heavy atom. The molecule has 0 aromatic heterocycles. The first kappa shape index (κ1) is 21.0. The molecule has 2 atom stereocenters. The molecule has 0 N–H and O–H groups in total. The number of hydrogen-bond donors (Lipinski definition) is 0. The Balaban J connectivity index is 1.50. The van der Waals surface area contributed by atoms with Crippen LogP contribution in [0.1, 0.15) is 30.4 Å². The second-order valence-corrected chi connectivity index (χ2v) is 9.68. The summed E-state index contributed by atoms with van der Waals surface area (Å²) in [5, 5.41) is 4.19. The third-order valence-electron chi connectivity index (χ3n) is 5.45. The minimum atomic E-state index is -4.61. The van der Waals surface area contributed by atoms with Gasteiger partial charge in [0.15, 0.2) is 20.9 Å². The van der Waals surface area contributed by atoms with Crippen molar-refractivity contribution in [2.45, 2.75) is 42.4 Å². The van der Waals surface area contributed by atoms with E-state index in [1.54, 1.807) is 0 Å². The molecule has 9 heteroatoms. The van der Waals surface area contributed by atoms with Gasteiger partial charge in [-0.15, -0.1) is 4.31 Å². The van der Waals surface area contributed by atoms with Crippen LogP contribution in [0.2, 0.25) is 0 Å². The Hall–Kier alpha value is -2.23. The predicted octanol–water partition coefficient (Wildman–Crippen LogP) is 4.46. The first-order chi connectivity index (χ1) is 14.2. The van der Waals surface area contributed by atoms with Crippen molar-refractivity contribution in [2.75, 3.05) is 13.1 Å². The number of halogens is 3. The number of sulfonamides is 1. The first-order valence-electron chi connectivity index (χ1n) is 9.63. The molecule has 2 aliphatic heterocycles. The number of nitrogens with zero attached hydrogens (tertiary/aromatic N) is 2. The van der Waals surface area contributed by atoms with Crippen molar-refractivity contribution in [1.29, 1.82) is 0 Å². The summed E-state index contributed by atoms with van der Waals surface area (Å²) in [7, 11) is -4.08. The quantitative estimate of drug-likeness (QED) is 0.662. The molecule has 1 saturated heterocycles. The van der Waals surface area contributed by atoms with Crippen molar-refractivity contribution in [3.63, 3.8) is 0 Å². The minimum absolute atomic E-state index is 0.0629. The molecule has 0 bridgehead atoms. The molecule has 1 spiro atoms. The normalized spacial score (nSPS) is 24.3. The van der Waals surface area contributed by atoms with Crippen LogP contribution in [-0.4, -0.2) is 33.3 Å². The highest BCUT2D eigenvalue weighted by Crippen LogP contribution is 2.38. The Kier molecular flexibility index (Phi) is 5.46. The summed E-state index contributed by atoms with van der Waals surface area (Å²) >= 11 is 0. The SMILES string of the molecule is O=[S+]([O-])(c1cccc(C(F)(F)F)c1)N1CCCC2(CC(Cc3ccccc3)=NO2)C1. The lowest BCUT2D eigenvalue weighted by Gasteiger charge is -2.38. The lowest BCUT2D eigenvalue weighted by Crippen LogP contribution is -2.52. The van der Waals surface area contributed by atoms with E-state index in [2.05, 4.69) is 5.16 Å². The molecule has 30 heavy (non-hydrogen) atoms. The van der Waals surface area contributed by atoms with Crippen molar-refractivity contribution in [3.05, 3.63) is 65.7 Å². The molecular formula is C21H21F3N2O3S. The smallest absolute Gasteiger partial charge is 0.416 e. The lowest BCUT2D eigenvalue weighted by atomic mass is 9.88. The maximum absolute atomic E-state index is 13.0. The molecule has 2 aromatic carbocycles. The highest BCUT2D eigenvalue weighted by molar-refractivity contribution is 7.95. The zero-order chi connectivity index (χ0) is 21.4. The average molecular weight is 438 g/mol. The first-order valence-corrected chi connectivity index (χ1v) is 11.1. The molecule has 2 unspecified atom stereocenters. The van der Waals surface area contributed by atoms with Gasteiger partial charge in [-0.05, 0) is 30.5 Å². The van der Waals surface area contributed by atoms with E-state index in [0.717, 1.165) is 23.4 Å². The van der Waals surface area contributed by atoms with Gasteiger partial charge in [0.1, 0.15) is 0 Å². The highest BCUT2D eigenvalue weighted by atomic mass is 32.3. The number of piperidine rings is 1. The number of benzene rings is 2. The van der Waals surface area contributed by atoms with Gasteiger partial charge in [-0.3, -0.25) is 0 Å². The lowest BCUT2D eigenvalue weighted by molar-refractivity contribution is -0.137. The van der Waals surface area contributed by atoms with Crippen LogP contribution in [0.25, 0.3) is 0 Å². The van der Waals surface area contributed by atoms with E-state index in [1.165, 1.54) is 10.4 Å². The van der Waals surface area contributed by atoms with E-state index < -0.39 is 27.7 Å². The molecule has 0 radical (unpaired) electrons. The van der Waals surface area contributed by atoms with Gasteiger partial charge in [0, 0.05) is 25.5 Å². The molecule has 0 aliphatic carbocycles. The predicted molar refractivity (Wildman–Crippen MR) is 105 cm³/mol. The zero-order valence-corrected chi connectivity index (χ0v) is 16.9. The molecule has 2 aliphatic rings. The van der Waals surface area contributed by atoms with Gasteiger partial charge in [0.2, 0.25) is 0 Å². The maximum Gasteiger partial charge on any atom is 0.416 e. The van der Waals surface area contributed by atoms with E-state index in [1.807, 2.05) is 30.3 Å². The highest BCUT2D eigenvalue weighted by Gasteiger charge is 2.48. The Morgan fingerprint density at radius 1 is 1.17 bits per heavy atom. The number of rotatable bonds is 4. The number of hydrogen-bond acceptors (Lipinski definition) is 4. The largest absolute Gasteiger partial charge is 0.593 e. The van der Waals surface area contributed by atoms with Crippen LogP contribution < -0.4 is 0 Å². The molecule has 1 fully saturated rings. The van der Waals surface area contributed by atoms with Crippen molar-refractivity contribution in [2.24, 2.45) is 5.16 Å². The maximum atomic E-state index is 13.0. The van der Waals surface area contributed by atoms with Gasteiger partial charge in [0.25, 0.3) is 0 Å². The molecule has 2 heterocycles. The molecule has 5 nitrogen and oxygen atoms in total. The third-order valence-corrected chi connectivity index (χ3v) is 7.29. The molecule has 0 amide bonds. The topological polar surface area (TPSA) is 65.0 Å². The van der Waals surface area contributed by atoms with Crippen molar-refractivity contribution >= 4 is 16.1 Å². The number of alkyl halides is 3. The van der Waals surface area contributed by atoms with Gasteiger partial charge in [-0.1, -0.05) is 45.8 Å². The Morgan fingerprint density at radius 3 is 2.67 bits per heavy atom.